The van der Waals surface area contributed by atoms with Crippen molar-refractivity contribution in [3.05, 3.63) is 20.1 Å². The molecule has 1 aromatic rings. The van der Waals surface area contributed by atoms with Gasteiger partial charge >= 0.3 is 0 Å². The van der Waals surface area contributed by atoms with E-state index in [0.29, 0.717) is 15.5 Å². The number of thiazole rings is 1. The minimum atomic E-state index is 0.513. The Morgan fingerprint density at radius 3 is 2.67 bits per heavy atom. The summed E-state index contributed by atoms with van der Waals surface area (Å²) in [6.07, 6.45) is 8.80. The Bertz CT molecular complexity index is 423. The third-order valence-corrected chi connectivity index (χ3v) is 4.92. The van der Waals surface area contributed by atoms with Crippen molar-refractivity contribution >= 4 is 40.6 Å². The Hall–Kier alpha value is -0.0900. The van der Waals surface area contributed by atoms with Gasteiger partial charge in [0.25, 0.3) is 0 Å². The number of nitrogens with zero attached hydrogens (tertiary/aromatic N) is 1. The molecule has 0 atom stereocenters. The smallest absolute Gasteiger partial charge is 0.185 e. The average Bonchev–Trinajstić information content (AvgIpc) is 2.68. The van der Waals surface area contributed by atoms with E-state index in [2.05, 4.69) is 16.4 Å². The second-order valence-electron chi connectivity index (χ2n) is 4.71. The number of hydrogen-bond acceptors (Lipinski definition) is 3. The second-order valence-corrected chi connectivity index (χ2v) is 6.68. The lowest BCUT2D eigenvalue weighted by Gasteiger charge is -2.24. The van der Waals surface area contributed by atoms with Gasteiger partial charge in [0.1, 0.15) is 5.15 Å². The van der Waals surface area contributed by atoms with Crippen molar-refractivity contribution in [2.24, 2.45) is 5.92 Å². The summed E-state index contributed by atoms with van der Waals surface area (Å²) >= 11 is 13.4. The average molecular weight is 305 g/mol. The van der Waals surface area contributed by atoms with Crippen molar-refractivity contribution < 1.29 is 0 Å². The van der Waals surface area contributed by atoms with Crippen molar-refractivity contribution in [1.82, 2.24) is 10.3 Å². The van der Waals surface area contributed by atoms with Gasteiger partial charge in [-0.25, -0.2) is 4.98 Å². The Kier molecular flexibility index (Phi) is 5.49. The molecule has 0 aromatic carbocycles. The second kappa shape index (κ2) is 6.90. The predicted octanol–water partition coefficient (Wildman–Crippen LogP) is 4.63. The fourth-order valence-electron chi connectivity index (χ4n) is 2.54. The van der Waals surface area contributed by atoms with Crippen LogP contribution in [0.1, 0.15) is 37.0 Å². The van der Waals surface area contributed by atoms with Crippen LogP contribution in [0, 0.1) is 5.92 Å². The van der Waals surface area contributed by atoms with Gasteiger partial charge in [0, 0.05) is 6.54 Å². The van der Waals surface area contributed by atoms with Crippen LogP contribution in [0.3, 0.4) is 0 Å². The molecule has 1 fully saturated rings. The molecule has 1 saturated carbocycles. The molecular weight excluding hydrogens is 287 g/mol. The van der Waals surface area contributed by atoms with E-state index >= 15 is 0 Å². The molecule has 0 spiro atoms. The molecule has 0 amide bonds. The summed E-state index contributed by atoms with van der Waals surface area (Å²) < 4.78 is 0.513. The summed E-state index contributed by atoms with van der Waals surface area (Å²) in [4.78, 5) is 5.04. The number of aromatic nitrogens is 1. The van der Waals surface area contributed by atoms with Gasteiger partial charge in [0.2, 0.25) is 0 Å². The van der Waals surface area contributed by atoms with E-state index in [9.17, 15) is 0 Å². The van der Waals surface area contributed by atoms with Gasteiger partial charge in [0.15, 0.2) is 4.47 Å². The van der Waals surface area contributed by atoms with Gasteiger partial charge in [-0.3, -0.25) is 0 Å². The number of rotatable bonds is 4. The van der Waals surface area contributed by atoms with E-state index in [4.69, 9.17) is 23.2 Å². The highest BCUT2D eigenvalue weighted by Crippen LogP contribution is 2.34. The van der Waals surface area contributed by atoms with Crippen LogP contribution in [0.25, 0.3) is 6.08 Å². The molecule has 1 aliphatic rings. The van der Waals surface area contributed by atoms with Crippen LogP contribution in [-0.2, 0) is 0 Å². The Morgan fingerprint density at radius 2 is 2.11 bits per heavy atom. The first-order valence-electron chi connectivity index (χ1n) is 6.37. The number of nitrogens with one attached hydrogen (secondary N) is 1. The molecule has 2 nitrogen and oxygen atoms in total. The van der Waals surface area contributed by atoms with Gasteiger partial charge in [-0.2, -0.15) is 0 Å². The van der Waals surface area contributed by atoms with Crippen molar-refractivity contribution in [3.63, 3.8) is 0 Å². The minimum absolute atomic E-state index is 0.513. The molecule has 0 saturated heterocycles. The molecule has 1 aliphatic carbocycles. The summed E-state index contributed by atoms with van der Waals surface area (Å²) in [5.74, 6) is 0.683. The third kappa shape index (κ3) is 3.70. The van der Waals surface area contributed by atoms with Crippen LogP contribution in [-0.4, -0.2) is 18.6 Å². The lowest BCUT2D eigenvalue weighted by molar-refractivity contribution is 0.398. The van der Waals surface area contributed by atoms with E-state index in [0.717, 1.165) is 11.4 Å². The monoisotopic (exact) mass is 304 g/mol. The summed E-state index contributed by atoms with van der Waals surface area (Å²) in [5.41, 5.74) is 1.43. The quantitative estimate of drug-likeness (QED) is 0.877. The third-order valence-electron chi connectivity index (χ3n) is 3.41. The molecule has 1 N–H and O–H groups in total. The van der Waals surface area contributed by atoms with E-state index in [1.165, 1.54) is 49.0 Å². The maximum Gasteiger partial charge on any atom is 0.185 e. The zero-order valence-electron chi connectivity index (χ0n) is 10.5. The highest BCUT2D eigenvalue weighted by Gasteiger charge is 2.18. The molecule has 1 aromatic heterocycles. The van der Waals surface area contributed by atoms with Crippen molar-refractivity contribution in [2.45, 2.75) is 32.1 Å². The predicted molar refractivity (Wildman–Crippen MR) is 80.6 cm³/mol. The molecule has 0 bridgehead atoms. The van der Waals surface area contributed by atoms with Crippen LogP contribution < -0.4 is 5.32 Å². The summed E-state index contributed by atoms with van der Waals surface area (Å²) in [7, 11) is 1.98. The van der Waals surface area contributed by atoms with Crippen LogP contribution >= 0.6 is 34.5 Å². The fourth-order valence-corrected chi connectivity index (χ4v) is 3.88. The molecule has 0 unspecified atom stereocenters. The van der Waals surface area contributed by atoms with E-state index in [-0.39, 0.29) is 0 Å². The van der Waals surface area contributed by atoms with Crippen molar-refractivity contribution in [3.8, 4) is 0 Å². The van der Waals surface area contributed by atoms with Gasteiger partial charge < -0.3 is 5.32 Å². The van der Waals surface area contributed by atoms with Crippen LogP contribution in [0.4, 0.5) is 0 Å². The summed E-state index contributed by atoms with van der Waals surface area (Å²) in [6, 6.07) is 0. The standard InChI is InChI=1S/C13H18Cl2N2S/c1-16-8-10(9-5-3-2-4-6-9)7-11-12(14)17-13(15)18-11/h7,9,16H,2-6,8H2,1H3. The SMILES string of the molecule is CNCC(=Cc1sc(Cl)nc1Cl)C1CCCCC1. The van der Waals surface area contributed by atoms with E-state index in [1.54, 1.807) is 0 Å². The van der Waals surface area contributed by atoms with Crippen LogP contribution in [0.15, 0.2) is 5.57 Å². The van der Waals surface area contributed by atoms with Gasteiger partial charge in [-0.1, -0.05) is 48.0 Å². The van der Waals surface area contributed by atoms with Gasteiger partial charge in [-0.15, -0.1) is 11.3 Å². The zero-order valence-corrected chi connectivity index (χ0v) is 12.8. The first kappa shape index (κ1) is 14.3. The maximum absolute atomic E-state index is 6.08. The first-order valence-corrected chi connectivity index (χ1v) is 7.95. The fraction of sp³-hybridized carbons (Fsp3) is 0.615. The van der Waals surface area contributed by atoms with Crippen LogP contribution in [0.5, 0.6) is 0 Å². The zero-order chi connectivity index (χ0) is 13.0. The molecule has 18 heavy (non-hydrogen) atoms. The summed E-state index contributed by atoms with van der Waals surface area (Å²) in [6.45, 7) is 0.913. The Balaban J connectivity index is 2.20. The first-order chi connectivity index (χ1) is 8.70. The largest absolute Gasteiger partial charge is 0.316 e. The number of likely N-dealkylation sites (N-methyl/N-ethyl adjacent to an activating group) is 1. The Labute approximate surface area is 122 Å². The van der Waals surface area contributed by atoms with Crippen LogP contribution in [0.2, 0.25) is 9.62 Å². The molecule has 100 valence electrons. The van der Waals surface area contributed by atoms with Gasteiger partial charge in [0.05, 0.1) is 4.88 Å². The van der Waals surface area contributed by atoms with Crippen molar-refractivity contribution in [1.29, 1.82) is 0 Å². The number of hydrogen-bond donors (Lipinski definition) is 1. The molecule has 1 heterocycles. The molecule has 5 heteroatoms. The maximum atomic E-state index is 6.08. The van der Waals surface area contributed by atoms with E-state index < -0.39 is 0 Å². The van der Waals surface area contributed by atoms with Crippen molar-refractivity contribution in [2.75, 3.05) is 13.6 Å². The molecule has 0 aliphatic heterocycles. The molecular formula is C13H18Cl2N2S. The topological polar surface area (TPSA) is 24.9 Å². The highest BCUT2D eigenvalue weighted by molar-refractivity contribution is 7.17. The lowest BCUT2D eigenvalue weighted by atomic mass is 9.83. The minimum Gasteiger partial charge on any atom is -0.316 e. The normalized spacial score (nSPS) is 18.3. The van der Waals surface area contributed by atoms with Gasteiger partial charge in [-0.05, 0) is 31.9 Å². The summed E-state index contributed by atoms with van der Waals surface area (Å²) in [5, 5.41) is 3.77. The Morgan fingerprint density at radius 1 is 1.39 bits per heavy atom. The molecule has 0 radical (unpaired) electrons. The lowest BCUT2D eigenvalue weighted by Crippen LogP contribution is -2.19. The highest BCUT2D eigenvalue weighted by atomic mass is 35.5. The molecule has 2 rings (SSSR count). The van der Waals surface area contributed by atoms with E-state index in [1.807, 2.05) is 7.05 Å². The number of halogens is 2.